The highest BCUT2D eigenvalue weighted by Crippen LogP contribution is 2.30. The topological polar surface area (TPSA) is 81.0 Å². The third-order valence-electron chi connectivity index (χ3n) is 1.92. The number of nitrogens with zero attached hydrogens (tertiary/aromatic N) is 2. The summed E-state index contributed by atoms with van der Waals surface area (Å²) in [7, 11) is 1.42. The fourth-order valence-electron chi connectivity index (χ4n) is 1.32. The second-order valence-electron chi connectivity index (χ2n) is 2.69. The van der Waals surface area contributed by atoms with E-state index in [9.17, 15) is 10.1 Å². The number of H-pyrrole nitrogens is 1. The molecule has 6 nitrogen and oxygen atoms in total. The molecule has 6 heteroatoms. The fraction of sp³-hybridized carbons (Fsp3) is 0.125. The van der Waals surface area contributed by atoms with Gasteiger partial charge in [0, 0.05) is 6.07 Å². The number of hydrogen-bond acceptors (Lipinski definition) is 4. The van der Waals surface area contributed by atoms with E-state index in [2.05, 4.69) is 10.2 Å². The van der Waals surface area contributed by atoms with Crippen molar-refractivity contribution in [3.05, 3.63) is 28.3 Å². The molecule has 0 unspecified atom stereocenters. The average molecular weight is 193 g/mol. The Balaban J connectivity index is 2.81. The van der Waals surface area contributed by atoms with E-state index in [0.717, 1.165) is 0 Å². The van der Waals surface area contributed by atoms with Gasteiger partial charge in [-0.15, -0.1) is 5.10 Å². The summed E-state index contributed by atoms with van der Waals surface area (Å²) in [4.78, 5) is 10.2. The van der Waals surface area contributed by atoms with Crippen molar-refractivity contribution < 1.29 is 9.66 Å². The van der Waals surface area contributed by atoms with Gasteiger partial charge >= 0.3 is 0 Å². The van der Waals surface area contributed by atoms with Crippen LogP contribution in [0.25, 0.3) is 10.9 Å². The van der Waals surface area contributed by atoms with E-state index >= 15 is 0 Å². The molecule has 0 spiro atoms. The molecule has 0 radical (unpaired) electrons. The predicted octanol–water partition coefficient (Wildman–Crippen LogP) is 1.48. The Hall–Kier alpha value is -2.11. The first-order valence-electron chi connectivity index (χ1n) is 3.89. The molecule has 0 aliphatic carbocycles. The van der Waals surface area contributed by atoms with E-state index in [1.807, 2.05) is 0 Å². The summed E-state index contributed by atoms with van der Waals surface area (Å²) in [6.07, 6.45) is 0. The molecule has 1 heterocycles. The van der Waals surface area contributed by atoms with Crippen LogP contribution in [-0.2, 0) is 0 Å². The molecule has 0 saturated carbocycles. The SMILES string of the molecule is COc1n[nH]c2cccc([N+](=O)[O-])c12. The van der Waals surface area contributed by atoms with Gasteiger partial charge in [0.25, 0.3) is 5.69 Å². The lowest BCUT2D eigenvalue weighted by molar-refractivity contribution is -0.383. The quantitative estimate of drug-likeness (QED) is 0.578. The molecule has 14 heavy (non-hydrogen) atoms. The number of nitrogens with one attached hydrogen (secondary N) is 1. The number of rotatable bonds is 2. The highest BCUT2D eigenvalue weighted by Gasteiger charge is 2.18. The number of nitro benzene ring substituents is 1. The van der Waals surface area contributed by atoms with Crippen LogP contribution in [-0.4, -0.2) is 22.2 Å². The van der Waals surface area contributed by atoms with Crippen molar-refractivity contribution in [1.29, 1.82) is 0 Å². The molecule has 1 N–H and O–H groups in total. The standard InChI is InChI=1S/C8H7N3O3/c1-14-8-7-5(9-10-8)3-2-4-6(7)11(12)13/h2-4H,1H3,(H,9,10). The van der Waals surface area contributed by atoms with E-state index in [1.54, 1.807) is 12.1 Å². The van der Waals surface area contributed by atoms with Crippen LogP contribution in [0.4, 0.5) is 5.69 Å². The van der Waals surface area contributed by atoms with Crippen molar-refractivity contribution in [1.82, 2.24) is 10.2 Å². The van der Waals surface area contributed by atoms with Crippen molar-refractivity contribution in [2.45, 2.75) is 0 Å². The largest absolute Gasteiger partial charge is 0.479 e. The maximum atomic E-state index is 10.7. The summed E-state index contributed by atoms with van der Waals surface area (Å²) in [6, 6.07) is 4.72. The number of aromatic amines is 1. The van der Waals surface area contributed by atoms with Crippen molar-refractivity contribution >= 4 is 16.6 Å². The smallest absolute Gasteiger partial charge is 0.284 e. The van der Waals surface area contributed by atoms with Crippen LogP contribution >= 0.6 is 0 Å². The van der Waals surface area contributed by atoms with Crippen LogP contribution in [0.3, 0.4) is 0 Å². The van der Waals surface area contributed by atoms with E-state index in [4.69, 9.17) is 4.74 Å². The first-order chi connectivity index (χ1) is 6.74. The number of fused-ring (bicyclic) bond motifs is 1. The number of methoxy groups -OCH3 is 1. The first-order valence-corrected chi connectivity index (χ1v) is 3.89. The van der Waals surface area contributed by atoms with Gasteiger partial charge in [-0.2, -0.15) is 0 Å². The fourth-order valence-corrected chi connectivity index (χ4v) is 1.32. The van der Waals surface area contributed by atoms with Gasteiger partial charge < -0.3 is 4.74 Å². The zero-order valence-corrected chi connectivity index (χ0v) is 7.35. The van der Waals surface area contributed by atoms with Crippen LogP contribution in [0.1, 0.15) is 0 Å². The number of aromatic nitrogens is 2. The van der Waals surface area contributed by atoms with Gasteiger partial charge in [-0.1, -0.05) is 6.07 Å². The molecule has 1 aromatic carbocycles. The predicted molar refractivity (Wildman–Crippen MR) is 49.3 cm³/mol. The maximum absolute atomic E-state index is 10.7. The highest BCUT2D eigenvalue weighted by molar-refractivity contribution is 5.92. The molecule has 0 bridgehead atoms. The maximum Gasteiger partial charge on any atom is 0.284 e. The normalized spacial score (nSPS) is 10.4. The summed E-state index contributed by atoms with van der Waals surface area (Å²) in [5.41, 5.74) is 0.587. The van der Waals surface area contributed by atoms with Gasteiger partial charge in [0.2, 0.25) is 5.88 Å². The van der Waals surface area contributed by atoms with E-state index in [0.29, 0.717) is 10.9 Å². The molecule has 0 aliphatic rings. The third-order valence-corrected chi connectivity index (χ3v) is 1.92. The number of hydrogen-bond donors (Lipinski definition) is 1. The number of nitro groups is 1. The van der Waals surface area contributed by atoms with Crippen molar-refractivity contribution in [3.63, 3.8) is 0 Å². The van der Waals surface area contributed by atoms with Gasteiger partial charge in [-0.25, -0.2) is 0 Å². The second-order valence-corrected chi connectivity index (χ2v) is 2.69. The number of benzene rings is 1. The summed E-state index contributed by atoms with van der Waals surface area (Å²) >= 11 is 0. The molecule has 0 atom stereocenters. The minimum Gasteiger partial charge on any atom is -0.479 e. The van der Waals surface area contributed by atoms with Crippen LogP contribution < -0.4 is 4.74 Å². The number of ether oxygens (including phenoxy) is 1. The second kappa shape index (κ2) is 2.99. The molecule has 0 amide bonds. The minimum absolute atomic E-state index is 0.00639. The molecular formula is C8H7N3O3. The lowest BCUT2D eigenvalue weighted by Crippen LogP contribution is -1.90. The van der Waals surface area contributed by atoms with E-state index in [1.165, 1.54) is 13.2 Å². The zero-order valence-electron chi connectivity index (χ0n) is 7.35. The molecule has 0 saturated heterocycles. The molecule has 0 aliphatic heterocycles. The Morgan fingerprint density at radius 1 is 1.57 bits per heavy atom. The Morgan fingerprint density at radius 3 is 3.00 bits per heavy atom. The van der Waals surface area contributed by atoms with Gasteiger partial charge in [-0.3, -0.25) is 15.2 Å². The summed E-state index contributed by atoms with van der Waals surface area (Å²) in [6.45, 7) is 0. The van der Waals surface area contributed by atoms with E-state index < -0.39 is 4.92 Å². The van der Waals surface area contributed by atoms with Crippen molar-refractivity contribution in [2.75, 3.05) is 7.11 Å². The Bertz CT molecular complexity index is 492. The van der Waals surface area contributed by atoms with Gasteiger partial charge in [0.15, 0.2) is 0 Å². The summed E-state index contributed by atoms with van der Waals surface area (Å²) < 4.78 is 4.91. The van der Waals surface area contributed by atoms with Crippen LogP contribution in [0.5, 0.6) is 5.88 Å². The lowest BCUT2D eigenvalue weighted by Gasteiger charge is -1.95. The molecular weight excluding hydrogens is 186 g/mol. The zero-order chi connectivity index (χ0) is 10.1. The molecule has 72 valence electrons. The van der Waals surface area contributed by atoms with Crippen LogP contribution in [0, 0.1) is 10.1 Å². The van der Waals surface area contributed by atoms with Crippen molar-refractivity contribution in [3.8, 4) is 5.88 Å². The highest BCUT2D eigenvalue weighted by atomic mass is 16.6. The van der Waals surface area contributed by atoms with Gasteiger partial charge in [0.05, 0.1) is 17.5 Å². The Kier molecular flexibility index (Phi) is 1.81. The Labute approximate surface area is 78.6 Å². The minimum atomic E-state index is -0.458. The molecule has 2 aromatic rings. The number of non-ortho nitro benzene ring substituents is 1. The van der Waals surface area contributed by atoms with Gasteiger partial charge in [0.1, 0.15) is 5.39 Å². The van der Waals surface area contributed by atoms with Crippen LogP contribution in [0.2, 0.25) is 0 Å². The van der Waals surface area contributed by atoms with Crippen LogP contribution in [0.15, 0.2) is 18.2 Å². The molecule has 2 rings (SSSR count). The molecule has 0 fully saturated rings. The van der Waals surface area contributed by atoms with E-state index in [-0.39, 0.29) is 11.6 Å². The van der Waals surface area contributed by atoms with Crippen molar-refractivity contribution in [2.24, 2.45) is 0 Å². The third kappa shape index (κ3) is 1.08. The average Bonchev–Trinajstić information content (AvgIpc) is 2.59. The first kappa shape index (κ1) is 8.49. The molecule has 1 aromatic heterocycles. The lowest BCUT2D eigenvalue weighted by atomic mass is 10.2. The summed E-state index contributed by atoms with van der Waals surface area (Å²) in [5.74, 6) is 0.243. The monoisotopic (exact) mass is 193 g/mol. The summed E-state index contributed by atoms with van der Waals surface area (Å²) in [5, 5.41) is 17.6. The van der Waals surface area contributed by atoms with Gasteiger partial charge in [-0.05, 0) is 6.07 Å². The Morgan fingerprint density at radius 2 is 2.36 bits per heavy atom.